The zero-order valence-corrected chi connectivity index (χ0v) is 24.1. The molecule has 4 aromatic carbocycles. The minimum absolute atomic E-state index is 0.0708. The molecule has 2 atom stereocenters. The predicted molar refractivity (Wildman–Crippen MR) is 161 cm³/mol. The van der Waals surface area contributed by atoms with Gasteiger partial charge in [0.15, 0.2) is 0 Å². The van der Waals surface area contributed by atoms with Crippen LogP contribution in [0, 0.1) is 0 Å². The molecule has 6 rings (SSSR count). The molecule has 2 heterocycles. The van der Waals surface area contributed by atoms with Crippen LogP contribution in [0.3, 0.4) is 0 Å². The number of benzene rings is 4. The number of alkyl halides is 1. The van der Waals surface area contributed by atoms with Gasteiger partial charge in [0, 0.05) is 5.33 Å². The van der Waals surface area contributed by atoms with Crippen LogP contribution in [0.2, 0.25) is 0 Å². The molecule has 2 aliphatic rings. The Labute approximate surface area is 244 Å². The zero-order chi connectivity index (χ0) is 27.6. The molecule has 40 heavy (non-hydrogen) atoms. The van der Waals surface area contributed by atoms with E-state index in [1.165, 1.54) is 11.1 Å². The van der Waals surface area contributed by atoms with E-state index in [0.717, 1.165) is 65.1 Å². The molecule has 0 fully saturated rings. The number of hydrogen-bond donors (Lipinski definition) is 1. The van der Waals surface area contributed by atoms with Crippen molar-refractivity contribution in [3.63, 3.8) is 0 Å². The lowest BCUT2D eigenvalue weighted by Crippen LogP contribution is -2.26. The molecule has 0 aliphatic carbocycles. The number of fused-ring (bicyclic) bond motifs is 2. The molecule has 1 N–H and O–H groups in total. The first-order chi connectivity index (χ1) is 19.7. The number of aryl methyl sites for hydroxylation is 2. The maximum absolute atomic E-state index is 9.13. The molecule has 4 aromatic rings. The Morgan fingerprint density at radius 1 is 0.650 bits per heavy atom. The number of aliphatic hydroxyl groups is 1. The predicted octanol–water partition coefficient (Wildman–Crippen LogP) is 7.31. The molecule has 0 saturated carbocycles. The number of rotatable bonds is 8. The fraction of sp³-hybridized carbons (Fsp3) is 0.294. The summed E-state index contributed by atoms with van der Waals surface area (Å²) in [5.74, 6) is 3.63. The van der Waals surface area contributed by atoms with Crippen LogP contribution in [-0.4, -0.2) is 29.3 Å². The summed E-state index contributed by atoms with van der Waals surface area (Å²) in [7, 11) is 0. The molecule has 6 heteroatoms. The van der Waals surface area contributed by atoms with Crippen LogP contribution in [-0.2, 0) is 26.1 Å². The van der Waals surface area contributed by atoms with Crippen molar-refractivity contribution in [2.75, 3.05) is 11.9 Å². The molecule has 0 radical (unpaired) electrons. The van der Waals surface area contributed by atoms with Gasteiger partial charge in [0.05, 0.1) is 6.61 Å². The summed E-state index contributed by atoms with van der Waals surface area (Å²) in [5.41, 5.74) is 4.73. The van der Waals surface area contributed by atoms with Crippen LogP contribution in [0.5, 0.6) is 23.0 Å². The highest BCUT2D eigenvalue weighted by Crippen LogP contribution is 2.32. The third-order valence-corrected chi connectivity index (χ3v) is 7.72. The third-order valence-electron chi connectivity index (χ3n) is 6.99. The van der Waals surface area contributed by atoms with Crippen LogP contribution in [0.15, 0.2) is 97.1 Å². The molecule has 0 spiro atoms. The third kappa shape index (κ3) is 7.80. The first-order valence-corrected chi connectivity index (χ1v) is 14.9. The monoisotopic (exact) mass is 602 g/mol. The Hall–Kier alpha value is -3.48. The van der Waals surface area contributed by atoms with Gasteiger partial charge in [-0.15, -0.1) is 0 Å². The molecule has 2 aliphatic heterocycles. The van der Waals surface area contributed by atoms with Crippen LogP contribution >= 0.6 is 15.9 Å². The lowest BCUT2D eigenvalue weighted by atomic mass is 10.0. The van der Waals surface area contributed by atoms with Crippen LogP contribution in [0.25, 0.3) is 0 Å². The number of ether oxygens (including phenoxy) is 4. The number of hydrogen-bond acceptors (Lipinski definition) is 5. The Morgan fingerprint density at radius 2 is 1.12 bits per heavy atom. The molecule has 0 amide bonds. The smallest absolute Gasteiger partial charge is 0.123 e. The Bertz CT molecular complexity index is 1240. The molecular formula is C34H35BrO5. The second-order valence-corrected chi connectivity index (χ2v) is 10.6. The zero-order valence-electron chi connectivity index (χ0n) is 22.5. The quantitative estimate of drug-likeness (QED) is 0.214. The van der Waals surface area contributed by atoms with Gasteiger partial charge < -0.3 is 24.1 Å². The highest BCUT2D eigenvalue weighted by molar-refractivity contribution is 9.09. The highest BCUT2D eigenvalue weighted by Gasteiger charge is 2.20. The van der Waals surface area contributed by atoms with E-state index < -0.39 is 0 Å². The van der Waals surface area contributed by atoms with Crippen LogP contribution < -0.4 is 18.9 Å². The molecule has 0 bridgehead atoms. The topological polar surface area (TPSA) is 57.2 Å². The number of aliphatic hydroxyl groups excluding tert-OH is 1. The Kier molecular flexibility index (Phi) is 9.99. The maximum atomic E-state index is 9.13. The van der Waals surface area contributed by atoms with Crippen molar-refractivity contribution >= 4 is 15.9 Å². The van der Waals surface area contributed by atoms with Gasteiger partial charge in [0.1, 0.15) is 48.4 Å². The average molecular weight is 604 g/mol. The van der Waals surface area contributed by atoms with E-state index in [4.69, 9.17) is 24.1 Å². The summed E-state index contributed by atoms with van der Waals surface area (Å²) in [4.78, 5) is 0. The molecule has 0 saturated heterocycles. The summed E-state index contributed by atoms with van der Waals surface area (Å²) in [5, 5.41) is 10.0. The van der Waals surface area contributed by atoms with E-state index in [-0.39, 0.29) is 12.7 Å². The van der Waals surface area contributed by atoms with Crippen molar-refractivity contribution in [3.05, 3.63) is 119 Å². The van der Waals surface area contributed by atoms with Gasteiger partial charge in [-0.05, 0) is 84.3 Å². The van der Waals surface area contributed by atoms with E-state index in [9.17, 15) is 0 Å². The van der Waals surface area contributed by atoms with Gasteiger partial charge in [-0.2, -0.15) is 0 Å². The van der Waals surface area contributed by atoms with E-state index in [1.54, 1.807) is 0 Å². The lowest BCUT2D eigenvalue weighted by molar-refractivity contribution is 0.0976. The van der Waals surface area contributed by atoms with Crippen molar-refractivity contribution < 1.29 is 24.1 Å². The van der Waals surface area contributed by atoms with Gasteiger partial charge in [-0.25, -0.2) is 0 Å². The lowest BCUT2D eigenvalue weighted by Gasteiger charge is -2.25. The maximum Gasteiger partial charge on any atom is 0.123 e. The standard InChI is InChI=1S/C17H17BrO2.C17H18O3/c2*18-11-16-7-6-14-10-15(8-9-17(14)20-16)19-12-13-4-2-1-3-5-13/h1-5,8-10,16H,6-7,11-12H2;1-5,8-10,16,18H,6-7,11-12H2. The molecule has 5 nitrogen and oxygen atoms in total. The Morgan fingerprint density at radius 3 is 1.60 bits per heavy atom. The second kappa shape index (κ2) is 14.2. The van der Waals surface area contributed by atoms with E-state index in [0.29, 0.717) is 19.3 Å². The normalized spacial score (nSPS) is 17.1. The SMILES string of the molecule is BrCC1CCc2cc(OCc3ccccc3)ccc2O1.OCC1CCc2cc(OCc3ccccc3)ccc2O1. The molecule has 208 valence electrons. The van der Waals surface area contributed by atoms with E-state index in [1.807, 2.05) is 78.9 Å². The van der Waals surface area contributed by atoms with Crippen molar-refractivity contribution in [3.8, 4) is 23.0 Å². The van der Waals surface area contributed by atoms with Crippen LogP contribution in [0.1, 0.15) is 35.1 Å². The van der Waals surface area contributed by atoms with E-state index >= 15 is 0 Å². The highest BCUT2D eigenvalue weighted by atomic mass is 79.9. The van der Waals surface area contributed by atoms with Crippen LogP contribution in [0.4, 0.5) is 0 Å². The minimum atomic E-state index is -0.0708. The van der Waals surface area contributed by atoms with Gasteiger partial charge in [-0.1, -0.05) is 76.6 Å². The molecular weight excluding hydrogens is 568 g/mol. The molecule has 2 unspecified atom stereocenters. The fourth-order valence-electron chi connectivity index (χ4n) is 4.74. The fourth-order valence-corrected chi connectivity index (χ4v) is 5.20. The summed E-state index contributed by atoms with van der Waals surface area (Å²) < 4.78 is 23.2. The second-order valence-electron chi connectivity index (χ2n) is 9.98. The Balaban J connectivity index is 0.000000161. The average Bonchev–Trinajstić information content (AvgIpc) is 3.03. The summed E-state index contributed by atoms with van der Waals surface area (Å²) in [6.07, 6.45) is 4.10. The molecule has 0 aromatic heterocycles. The van der Waals surface area contributed by atoms with Gasteiger partial charge >= 0.3 is 0 Å². The number of halogens is 1. The van der Waals surface area contributed by atoms with Gasteiger partial charge in [0.25, 0.3) is 0 Å². The van der Waals surface area contributed by atoms with Crippen molar-refractivity contribution in [2.45, 2.75) is 51.1 Å². The van der Waals surface area contributed by atoms with Gasteiger partial charge in [0.2, 0.25) is 0 Å². The summed E-state index contributed by atoms with van der Waals surface area (Å²) in [6, 6.07) is 32.3. The minimum Gasteiger partial charge on any atom is -0.489 e. The first-order valence-electron chi connectivity index (χ1n) is 13.8. The van der Waals surface area contributed by atoms with Crippen molar-refractivity contribution in [2.24, 2.45) is 0 Å². The van der Waals surface area contributed by atoms with Gasteiger partial charge in [-0.3, -0.25) is 0 Å². The van der Waals surface area contributed by atoms with Crippen molar-refractivity contribution in [1.82, 2.24) is 0 Å². The summed E-state index contributed by atoms with van der Waals surface area (Å²) in [6.45, 7) is 1.25. The van der Waals surface area contributed by atoms with Crippen molar-refractivity contribution in [1.29, 1.82) is 0 Å². The van der Waals surface area contributed by atoms with E-state index in [2.05, 4.69) is 34.1 Å². The first kappa shape index (κ1) is 28.1. The largest absolute Gasteiger partial charge is 0.489 e. The summed E-state index contributed by atoms with van der Waals surface area (Å²) >= 11 is 3.48.